The van der Waals surface area contributed by atoms with Crippen LogP contribution in [-0.4, -0.2) is 19.6 Å². The molecule has 0 spiro atoms. The first-order chi connectivity index (χ1) is 47.4. The van der Waals surface area contributed by atoms with Gasteiger partial charge in [0.05, 0.1) is 34.1 Å². The summed E-state index contributed by atoms with van der Waals surface area (Å²) in [5.41, 5.74) is 22.1. The van der Waals surface area contributed by atoms with Crippen LogP contribution in [0.5, 0.6) is 0 Å². The molecule has 0 aliphatic carbocycles. The van der Waals surface area contributed by atoms with Crippen molar-refractivity contribution in [3.05, 3.63) is 285 Å². The quantitative estimate of drug-likeness (QED) is 0.0372. The summed E-state index contributed by atoms with van der Waals surface area (Å²) >= 11 is 5.69. The molecule has 0 N–H and O–H groups in total. The molecular weight excluding hydrogens is 1220 g/mol. The van der Waals surface area contributed by atoms with Gasteiger partial charge in [-0.15, -0.1) is 0 Å². The van der Waals surface area contributed by atoms with Crippen LogP contribution in [0.25, 0.3) is 72.9 Å². The van der Waals surface area contributed by atoms with E-state index in [-0.39, 0.29) is 0 Å². The predicted octanol–water partition coefficient (Wildman–Crippen LogP) is 27.3. The molecule has 10 aromatic rings. The molecular formula is C90H87N3S3. The Labute approximate surface area is 584 Å². The third-order valence-corrected chi connectivity index (χ3v) is 21.5. The van der Waals surface area contributed by atoms with E-state index in [1.54, 1.807) is 0 Å². The fraction of sp³-hybridized carbons (Fsp3) is 0.200. The second-order valence-corrected chi connectivity index (χ2v) is 28.7. The Morgan fingerprint density at radius 1 is 0.208 bits per heavy atom. The van der Waals surface area contributed by atoms with Gasteiger partial charge < -0.3 is 14.7 Å². The Morgan fingerprint density at radius 3 is 0.635 bits per heavy atom. The highest BCUT2D eigenvalue weighted by Gasteiger charge is 2.27. The maximum absolute atomic E-state index is 2.57. The highest BCUT2D eigenvalue weighted by atomic mass is 32.2. The van der Waals surface area contributed by atoms with Crippen molar-refractivity contribution in [2.24, 2.45) is 0 Å². The van der Waals surface area contributed by atoms with Crippen LogP contribution in [0.1, 0.15) is 165 Å². The zero-order valence-electron chi connectivity index (χ0n) is 55.9. The minimum atomic E-state index is 1.000. The van der Waals surface area contributed by atoms with Gasteiger partial charge in [-0.25, -0.2) is 0 Å². The van der Waals surface area contributed by atoms with E-state index in [1.807, 2.05) is 35.3 Å². The summed E-state index contributed by atoms with van der Waals surface area (Å²) in [4.78, 5) is 15.5. The van der Waals surface area contributed by atoms with Gasteiger partial charge in [0.25, 0.3) is 0 Å². The summed E-state index contributed by atoms with van der Waals surface area (Å²) in [6, 6.07) is 81.0. The van der Waals surface area contributed by atoms with Gasteiger partial charge in [-0.1, -0.05) is 314 Å². The molecule has 0 radical (unpaired) electrons. The standard InChI is InChI=1S/C90H87N3S3/c1-4-7-10-22-55-91-79-49-43-70(34-31-67-25-16-13-17-26-67)61-85(79)94-88-64-73(46-52-82(88)91)37-40-76-58-77(41-38-74-47-53-83-89(65-74)95-86-62-71(35-32-68-27-18-14-19-28-68)44-50-80(86)92(83)56-23-11-8-5-2)60-78(59-76)42-39-75-48-54-84-90(66-75)96-87-63-72(36-33-69-29-20-15-21-30-69)45-51-81(87)93(84)57-24-12-9-6-3/h13-21,25-54,58-66H,4-12,22-24,55-57H2,1-3H3/b34-31+,35-32+,36-33+,40-37+,41-38+,42-39+. The van der Waals surface area contributed by atoms with E-state index >= 15 is 0 Å². The van der Waals surface area contributed by atoms with Gasteiger partial charge in [0.15, 0.2) is 0 Å². The molecule has 0 aromatic heterocycles. The van der Waals surface area contributed by atoms with Crippen molar-refractivity contribution in [1.82, 2.24) is 0 Å². The number of rotatable bonds is 27. The van der Waals surface area contributed by atoms with Gasteiger partial charge in [-0.05, 0) is 177 Å². The third-order valence-electron chi connectivity index (χ3n) is 18.2. The summed E-state index contributed by atoms with van der Waals surface area (Å²) in [5, 5.41) is 0. The number of fused-ring (bicyclic) bond motifs is 6. The van der Waals surface area contributed by atoms with E-state index in [2.05, 4.69) is 327 Å². The molecule has 0 bridgehead atoms. The summed E-state index contributed by atoms with van der Waals surface area (Å²) in [6.45, 7) is 9.88. The average Bonchev–Trinajstić information content (AvgIpc) is 0.795. The predicted molar refractivity (Wildman–Crippen MR) is 424 cm³/mol. The van der Waals surface area contributed by atoms with E-state index < -0.39 is 0 Å². The molecule has 0 saturated carbocycles. The molecule has 3 aliphatic rings. The van der Waals surface area contributed by atoms with Crippen LogP contribution in [0.4, 0.5) is 34.1 Å². The van der Waals surface area contributed by atoms with Crippen LogP contribution in [0.2, 0.25) is 0 Å². The molecule has 3 heterocycles. The van der Waals surface area contributed by atoms with Crippen molar-refractivity contribution in [1.29, 1.82) is 0 Å². The molecule has 0 atom stereocenters. The van der Waals surface area contributed by atoms with Gasteiger partial charge in [-0.3, -0.25) is 0 Å². The summed E-state index contributed by atoms with van der Waals surface area (Å²) in [6.07, 6.45) is 41.9. The molecule has 480 valence electrons. The fourth-order valence-electron chi connectivity index (χ4n) is 13.0. The lowest BCUT2D eigenvalue weighted by Gasteiger charge is -2.33. The monoisotopic (exact) mass is 1310 g/mol. The molecule has 6 heteroatoms. The van der Waals surface area contributed by atoms with Gasteiger partial charge in [-0.2, -0.15) is 0 Å². The first-order valence-electron chi connectivity index (χ1n) is 35.0. The smallest absolute Gasteiger partial charge is 0.0553 e. The van der Waals surface area contributed by atoms with Gasteiger partial charge in [0.2, 0.25) is 0 Å². The van der Waals surface area contributed by atoms with Crippen LogP contribution in [0.15, 0.2) is 248 Å². The van der Waals surface area contributed by atoms with Crippen molar-refractivity contribution in [3.63, 3.8) is 0 Å². The second-order valence-electron chi connectivity index (χ2n) is 25.5. The number of hydrogen-bond donors (Lipinski definition) is 0. The van der Waals surface area contributed by atoms with Crippen LogP contribution < -0.4 is 14.7 Å². The molecule has 0 amide bonds. The summed E-state index contributed by atoms with van der Waals surface area (Å²) < 4.78 is 0. The van der Waals surface area contributed by atoms with Gasteiger partial charge >= 0.3 is 0 Å². The van der Waals surface area contributed by atoms with Crippen LogP contribution in [-0.2, 0) is 0 Å². The number of nitrogens with zero attached hydrogens (tertiary/aromatic N) is 3. The lowest BCUT2D eigenvalue weighted by atomic mass is 10.0. The van der Waals surface area contributed by atoms with E-state index in [9.17, 15) is 0 Å². The van der Waals surface area contributed by atoms with Gasteiger partial charge in [0, 0.05) is 49.0 Å². The van der Waals surface area contributed by atoms with E-state index in [0.29, 0.717) is 0 Å². The number of unbranched alkanes of at least 4 members (excludes halogenated alkanes) is 9. The van der Waals surface area contributed by atoms with E-state index in [1.165, 1.54) is 171 Å². The first-order valence-corrected chi connectivity index (χ1v) is 37.4. The molecule has 96 heavy (non-hydrogen) atoms. The number of hydrogen-bond acceptors (Lipinski definition) is 6. The van der Waals surface area contributed by atoms with Gasteiger partial charge in [0.1, 0.15) is 0 Å². The second kappa shape index (κ2) is 32.7. The van der Waals surface area contributed by atoms with E-state index in [0.717, 1.165) is 55.6 Å². The minimum absolute atomic E-state index is 1.000. The molecule has 0 fully saturated rings. The summed E-state index contributed by atoms with van der Waals surface area (Å²) in [5.74, 6) is 0. The molecule has 3 nitrogen and oxygen atoms in total. The van der Waals surface area contributed by atoms with Crippen LogP contribution >= 0.6 is 35.3 Å². The SMILES string of the molecule is CCCCCCN1c2ccc(/C=C/c3ccccc3)cc2Sc2cc(/C=C/c3cc(/C=C/c4ccc5c(c4)Sc4cc(/C=C/c6ccccc6)ccc4N5CCCCCC)cc(/C=C/c4ccc5c(c4)Sc4cc(/C=C/c6ccccc6)ccc4N5CCCCCC)c3)ccc21. The average molecular weight is 1310 g/mol. The highest BCUT2D eigenvalue weighted by Crippen LogP contribution is 2.52. The Hall–Kier alpha value is -8.91. The number of anilines is 6. The molecule has 13 rings (SSSR count). The lowest BCUT2D eigenvalue weighted by molar-refractivity contribution is 0.665. The lowest BCUT2D eigenvalue weighted by Crippen LogP contribution is -2.22. The van der Waals surface area contributed by atoms with Crippen molar-refractivity contribution < 1.29 is 0 Å². The van der Waals surface area contributed by atoms with Crippen molar-refractivity contribution in [2.75, 3.05) is 34.3 Å². The molecule has 10 aromatic carbocycles. The summed E-state index contributed by atoms with van der Waals surface area (Å²) in [7, 11) is 0. The maximum atomic E-state index is 2.57. The topological polar surface area (TPSA) is 9.72 Å². The van der Waals surface area contributed by atoms with E-state index in [4.69, 9.17) is 0 Å². The Balaban J connectivity index is 0.817. The first kappa shape index (κ1) is 65.7. The molecule has 0 unspecified atom stereocenters. The Morgan fingerprint density at radius 2 is 0.417 bits per heavy atom. The maximum Gasteiger partial charge on any atom is 0.0553 e. The molecule has 3 aliphatic heterocycles. The fourth-order valence-corrected chi connectivity index (χ4v) is 16.6. The minimum Gasteiger partial charge on any atom is -0.340 e. The Kier molecular flexibility index (Phi) is 22.4. The van der Waals surface area contributed by atoms with Crippen LogP contribution in [0.3, 0.4) is 0 Å². The largest absolute Gasteiger partial charge is 0.340 e. The normalized spacial score (nSPS) is 13.3. The Bertz CT molecular complexity index is 4020. The third kappa shape index (κ3) is 16.8. The van der Waals surface area contributed by atoms with Crippen molar-refractivity contribution in [3.8, 4) is 0 Å². The van der Waals surface area contributed by atoms with Crippen LogP contribution in [0, 0.1) is 0 Å². The number of benzene rings is 10. The van der Waals surface area contributed by atoms with Crippen molar-refractivity contribution in [2.45, 2.75) is 127 Å². The van der Waals surface area contributed by atoms with Crippen molar-refractivity contribution >= 4 is 142 Å². The molecule has 0 saturated heterocycles. The zero-order valence-corrected chi connectivity index (χ0v) is 58.3. The highest BCUT2D eigenvalue weighted by molar-refractivity contribution is 8.00. The zero-order chi connectivity index (χ0) is 65.3.